The first-order valence-corrected chi connectivity index (χ1v) is 8.84. The van der Waals surface area contributed by atoms with Gasteiger partial charge in [0, 0.05) is 19.3 Å². The van der Waals surface area contributed by atoms with Crippen molar-refractivity contribution in [2.24, 2.45) is 4.99 Å². The molecule has 0 unspecified atom stereocenters. The van der Waals surface area contributed by atoms with Gasteiger partial charge in [0.25, 0.3) is 0 Å². The quantitative estimate of drug-likeness (QED) is 0.535. The first-order chi connectivity index (χ1) is 6.47. The maximum absolute atomic E-state index is 5.77. The van der Waals surface area contributed by atoms with Crippen molar-refractivity contribution in [1.82, 2.24) is 0 Å². The van der Waals surface area contributed by atoms with Gasteiger partial charge in [-0.25, -0.2) is 0 Å². The molecule has 0 atom stereocenters. The van der Waals surface area contributed by atoms with E-state index in [2.05, 4.69) is 24.6 Å². The molecule has 0 N–H and O–H groups in total. The zero-order chi connectivity index (χ0) is 10.6. The van der Waals surface area contributed by atoms with Crippen molar-refractivity contribution in [3.05, 3.63) is 29.3 Å². The molecule has 0 saturated heterocycles. The van der Waals surface area contributed by atoms with Gasteiger partial charge in [-0.2, -0.15) is 0 Å². The van der Waals surface area contributed by atoms with Crippen LogP contribution in [-0.4, -0.2) is 14.3 Å². The van der Waals surface area contributed by atoms with Gasteiger partial charge in [0.2, 0.25) is 0 Å². The van der Waals surface area contributed by atoms with Crippen LogP contribution in [0.3, 0.4) is 0 Å². The van der Waals surface area contributed by atoms with E-state index in [1.807, 2.05) is 30.5 Å². The lowest BCUT2D eigenvalue weighted by molar-refractivity contribution is 1.50. The standard InChI is InChI=1S/C11H16ClNSi/c1-14(2,3)9-8-13-11-6-4-10(12)5-7-11/h4-8H,9H2,1-3H3. The van der Waals surface area contributed by atoms with Crippen LogP contribution in [0.4, 0.5) is 5.69 Å². The molecule has 0 aliphatic rings. The predicted octanol–water partition coefficient (Wildman–Crippen LogP) is 4.38. The third-order valence-corrected chi connectivity index (χ3v) is 3.43. The average molecular weight is 226 g/mol. The number of hydrogen-bond acceptors (Lipinski definition) is 1. The highest BCUT2D eigenvalue weighted by Gasteiger charge is 2.09. The Hall–Kier alpha value is -0.603. The van der Waals surface area contributed by atoms with Crippen LogP contribution in [-0.2, 0) is 0 Å². The van der Waals surface area contributed by atoms with E-state index >= 15 is 0 Å². The molecule has 76 valence electrons. The molecule has 0 bridgehead atoms. The summed E-state index contributed by atoms with van der Waals surface area (Å²) in [6.45, 7) is 7.00. The van der Waals surface area contributed by atoms with Crippen LogP contribution in [0, 0.1) is 0 Å². The van der Waals surface area contributed by atoms with E-state index in [1.165, 1.54) is 0 Å². The van der Waals surface area contributed by atoms with E-state index in [-0.39, 0.29) is 0 Å². The maximum Gasteiger partial charge on any atom is 0.0626 e. The summed E-state index contributed by atoms with van der Waals surface area (Å²) in [7, 11) is -0.997. The largest absolute Gasteiger partial charge is 0.262 e. The monoisotopic (exact) mass is 225 g/mol. The first kappa shape index (κ1) is 11.5. The average Bonchev–Trinajstić information content (AvgIpc) is 2.06. The van der Waals surface area contributed by atoms with Crippen molar-refractivity contribution in [3.63, 3.8) is 0 Å². The third kappa shape index (κ3) is 4.58. The van der Waals surface area contributed by atoms with Crippen molar-refractivity contribution in [2.45, 2.75) is 25.7 Å². The molecular weight excluding hydrogens is 210 g/mol. The molecule has 0 fully saturated rings. The summed E-state index contributed by atoms with van der Waals surface area (Å²) in [5.74, 6) is 0. The van der Waals surface area contributed by atoms with Crippen molar-refractivity contribution in [1.29, 1.82) is 0 Å². The molecule has 0 heterocycles. The minimum absolute atomic E-state index is 0.758. The lowest BCUT2D eigenvalue weighted by Gasteiger charge is -2.10. The second kappa shape index (κ2) is 4.76. The first-order valence-electron chi connectivity index (χ1n) is 4.75. The summed E-state index contributed by atoms with van der Waals surface area (Å²) in [6, 6.07) is 8.72. The van der Waals surface area contributed by atoms with Gasteiger partial charge in [0.1, 0.15) is 0 Å². The van der Waals surface area contributed by atoms with Gasteiger partial charge in [-0.05, 0) is 30.3 Å². The van der Waals surface area contributed by atoms with E-state index in [0.29, 0.717) is 0 Å². The summed E-state index contributed by atoms with van der Waals surface area (Å²) in [6.07, 6.45) is 2.02. The van der Waals surface area contributed by atoms with Gasteiger partial charge in [0.15, 0.2) is 0 Å². The Morgan fingerprint density at radius 3 is 2.29 bits per heavy atom. The number of aliphatic imine (C=N–C) groups is 1. The summed E-state index contributed by atoms with van der Waals surface area (Å²) >= 11 is 5.77. The van der Waals surface area contributed by atoms with Crippen LogP contribution >= 0.6 is 11.6 Å². The molecular formula is C11H16ClNSi. The molecule has 14 heavy (non-hydrogen) atoms. The predicted molar refractivity (Wildman–Crippen MR) is 67.8 cm³/mol. The highest BCUT2D eigenvalue weighted by molar-refractivity contribution is 6.78. The molecule has 3 heteroatoms. The zero-order valence-electron chi connectivity index (χ0n) is 8.92. The van der Waals surface area contributed by atoms with E-state index in [0.717, 1.165) is 16.8 Å². The van der Waals surface area contributed by atoms with E-state index in [1.54, 1.807) is 0 Å². The lowest BCUT2D eigenvalue weighted by Crippen LogP contribution is -2.19. The van der Waals surface area contributed by atoms with Gasteiger partial charge in [0.05, 0.1) is 5.69 Å². The Morgan fingerprint density at radius 1 is 1.21 bits per heavy atom. The molecule has 0 saturated carbocycles. The molecule has 0 aliphatic heterocycles. The van der Waals surface area contributed by atoms with Crippen molar-refractivity contribution < 1.29 is 0 Å². The summed E-state index contributed by atoms with van der Waals surface area (Å²) in [5.41, 5.74) is 0.979. The number of nitrogens with zero attached hydrogens (tertiary/aromatic N) is 1. The summed E-state index contributed by atoms with van der Waals surface area (Å²) in [4.78, 5) is 4.38. The van der Waals surface area contributed by atoms with Crippen molar-refractivity contribution in [3.8, 4) is 0 Å². The van der Waals surface area contributed by atoms with Crippen LogP contribution in [0.5, 0.6) is 0 Å². The van der Waals surface area contributed by atoms with Crippen LogP contribution in [0.1, 0.15) is 0 Å². The third-order valence-electron chi connectivity index (χ3n) is 1.77. The van der Waals surface area contributed by atoms with Gasteiger partial charge in [-0.15, -0.1) is 0 Å². The van der Waals surface area contributed by atoms with Crippen LogP contribution < -0.4 is 0 Å². The summed E-state index contributed by atoms with van der Waals surface area (Å²) < 4.78 is 0. The lowest BCUT2D eigenvalue weighted by atomic mass is 10.3. The molecule has 1 aromatic rings. The fourth-order valence-corrected chi connectivity index (χ4v) is 1.72. The minimum Gasteiger partial charge on any atom is -0.262 e. The van der Waals surface area contributed by atoms with Gasteiger partial charge < -0.3 is 0 Å². The fourth-order valence-electron chi connectivity index (χ4n) is 0.952. The topological polar surface area (TPSA) is 12.4 Å². The van der Waals surface area contributed by atoms with E-state index in [4.69, 9.17) is 11.6 Å². The molecule has 0 aromatic heterocycles. The molecule has 0 spiro atoms. The number of benzene rings is 1. The van der Waals surface area contributed by atoms with Gasteiger partial charge >= 0.3 is 0 Å². The Kier molecular flexibility index (Phi) is 3.90. The second-order valence-electron chi connectivity index (χ2n) is 4.55. The summed E-state index contributed by atoms with van der Waals surface area (Å²) in [5, 5.41) is 0.758. The van der Waals surface area contributed by atoms with Crippen LogP contribution in [0.2, 0.25) is 30.7 Å². The molecule has 1 rings (SSSR count). The fraction of sp³-hybridized carbons (Fsp3) is 0.364. The molecule has 1 aromatic carbocycles. The van der Waals surface area contributed by atoms with Crippen molar-refractivity contribution >= 4 is 31.6 Å². The van der Waals surface area contributed by atoms with Gasteiger partial charge in [-0.1, -0.05) is 31.2 Å². The molecule has 0 radical (unpaired) electrons. The minimum atomic E-state index is -0.997. The Labute approximate surface area is 91.8 Å². The van der Waals surface area contributed by atoms with Crippen molar-refractivity contribution in [2.75, 3.05) is 0 Å². The van der Waals surface area contributed by atoms with E-state index in [9.17, 15) is 0 Å². The highest BCUT2D eigenvalue weighted by Crippen LogP contribution is 2.16. The van der Waals surface area contributed by atoms with E-state index < -0.39 is 8.07 Å². The van der Waals surface area contributed by atoms with Crippen LogP contribution in [0.25, 0.3) is 0 Å². The number of hydrogen-bond donors (Lipinski definition) is 0. The molecule has 1 nitrogen and oxygen atoms in total. The molecule has 0 amide bonds. The van der Waals surface area contributed by atoms with Crippen LogP contribution in [0.15, 0.2) is 29.3 Å². The highest BCUT2D eigenvalue weighted by atomic mass is 35.5. The Balaban J connectivity index is 2.57. The molecule has 0 aliphatic carbocycles. The second-order valence-corrected chi connectivity index (χ2v) is 10.5. The zero-order valence-corrected chi connectivity index (χ0v) is 10.7. The Morgan fingerprint density at radius 2 is 1.79 bits per heavy atom. The Bertz CT molecular complexity index is 311. The number of halogens is 1. The SMILES string of the molecule is C[Si](C)(C)CC=Nc1ccc(Cl)cc1. The smallest absolute Gasteiger partial charge is 0.0626 e. The maximum atomic E-state index is 5.77. The van der Waals surface area contributed by atoms with Gasteiger partial charge in [-0.3, -0.25) is 4.99 Å². The normalized spacial score (nSPS) is 12.3. The number of rotatable bonds is 3.